The van der Waals surface area contributed by atoms with Gasteiger partial charge in [-0.3, -0.25) is 4.90 Å². The zero-order chi connectivity index (χ0) is 16.4. The maximum atomic E-state index is 12.6. The van der Waals surface area contributed by atoms with Crippen molar-refractivity contribution in [2.24, 2.45) is 5.92 Å². The van der Waals surface area contributed by atoms with E-state index in [4.69, 9.17) is 18.9 Å². The molecule has 0 radical (unpaired) electrons. The first kappa shape index (κ1) is 16.2. The molecule has 3 rings (SSSR count). The van der Waals surface area contributed by atoms with Gasteiger partial charge >= 0.3 is 6.09 Å². The quantitative estimate of drug-likeness (QED) is 0.794. The molecule has 0 saturated carbocycles. The SMILES string of the molecule is COC1(OC)CO[C@H]2[C@@H]1N(C(=O)OCc1ccccc1)C[C@@H]2C. The first-order valence-electron chi connectivity index (χ1n) is 7.80. The Labute approximate surface area is 136 Å². The molecule has 3 atom stereocenters. The minimum atomic E-state index is -0.929. The molecule has 0 aliphatic carbocycles. The Morgan fingerprint density at radius 3 is 2.65 bits per heavy atom. The molecular weight excluding hydrogens is 298 g/mol. The molecule has 2 heterocycles. The number of carbonyl (C=O) groups is 1. The number of rotatable bonds is 4. The Morgan fingerprint density at radius 2 is 2.00 bits per heavy atom. The van der Waals surface area contributed by atoms with Gasteiger partial charge < -0.3 is 18.9 Å². The van der Waals surface area contributed by atoms with E-state index in [-0.39, 0.29) is 30.8 Å². The number of fused-ring (bicyclic) bond motifs is 1. The van der Waals surface area contributed by atoms with Crippen molar-refractivity contribution >= 4 is 6.09 Å². The van der Waals surface area contributed by atoms with E-state index in [1.807, 2.05) is 30.3 Å². The van der Waals surface area contributed by atoms with Gasteiger partial charge in [0.1, 0.15) is 19.3 Å². The van der Waals surface area contributed by atoms with Crippen LogP contribution in [0.4, 0.5) is 4.79 Å². The summed E-state index contributed by atoms with van der Waals surface area (Å²) < 4.78 is 22.4. The highest BCUT2D eigenvalue weighted by atomic mass is 16.7. The molecule has 2 saturated heterocycles. The summed E-state index contributed by atoms with van der Waals surface area (Å²) >= 11 is 0. The molecule has 0 unspecified atom stereocenters. The lowest BCUT2D eigenvalue weighted by Gasteiger charge is -2.35. The van der Waals surface area contributed by atoms with Crippen LogP contribution in [0.25, 0.3) is 0 Å². The van der Waals surface area contributed by atoms with Crippen LogP contribution in [0.2, 0.25) is 0 Å². The van der Waals surface area contributed by atoms with E-state index in [0.29, 0.717) is 13.2 Å². The molecule has 23 heavy (non-hydrogen) atoms. The topological polar surface area (TPSA) is 57.2 Å². The van der Waals surface area contributed by atoms with E-state index in [1.165, 1.54) is 0 Å². The minimum Gasteiger partial charge on any atom is -0.445 e. The van der Waals surface area contributed by atoms with E-state index < -0.39 is 5.79 Å². The summed E-state index contributed by atoms with van der Waals surface area (Å²) in [7, 11) is 3.15. The Morgan fingerprint density at radius 1 is 1.30 bits per heavy atom. The smallest absolute Gasteiger partial charge is 0.410 e. The van der Waals surface area contributed by atoms with Crippen LogP contribution in [0.1, 0.15) is 12.5 Å². The van der Waals surface area contributed by atoms with Gasteiger partial charge in [-0.2, -0.15) is 0 Å². The second-order valence-electron chi connectivity index (χ2n) is 6.11. The summed E-state index contributed by atoms with van der Waals surface area (Å²) in [5, 5.41) is 0. The number of likely N-dealkylation sites (tertiary alicyclic amines) is 1. The van der Waals surface area contributed by atoms with Gasteiger partial charge in [-0.25, -0.2) is 4.79 Å². The Balaban J connectivity index is 1.72. The number of carbonyl (C=O) groups excluding carboxylic acids is 1. The van der Waals surface area contributed by atoms with E-state index in [0.717, 1.165) is 5.56 Å². The van der Waals surface area contributed by atoms with Gasteiger partial charge in [0.15, 0.2) is 0 Å². The first-order valence-corrected chi connectivity index (χ1v) is 7.80. The summed E-state index contributed by atoms with van der Waals surface area (Å²) in [4.78, 5) is 14.2. The normalized spacial score (nSPS) is 28.7. The highest BCUT2D eigenvalue weighted by Crippen LogP contribution is 2.41. The second kappa shape index (κ2) is 6.47. The summed E-state index contributed by atoms with van der Waals surface area (Å²) in [5.74, 6) is -0.724. The van der Waals surface area contributed by atoms with Crippen molar-refractivity contribution < 1.29 is 23.7 Å². The van der Waals surface area contributed by atoms with Gasteiger partial charge in [0, 0.05) is 26.7 Å². The van der Waals surface area contributed by atoms with Crippen LogP contribution in [0.15, 0.2) is 30.3 Å². The maximum absolute atomic E-state index is 12.6. The van der Waals surface area contributed by atoms with Crippen LogP contribution in [-0.2, 0) is 25.6 Å². The number of ether oxygens (including phenoxy) is 4. The Bertz CT molecular complexity index is 545. The predicted octanol–water partition coefficient (Wildman–Crippen LogP) is 2.03. The molecule has 6 heteroatoms. The van der Waals surface area contributed by atoms with Crippen LogP contribution in [0.3, 0.4) is 0 Å². The average molecular weight is 321 g/mol. The number of methoxy groups -OCH3 is 2. The van der Waals surface area contributed by atoms with Gasteiger partial charge in [0.25, 0.3) is 0 Å². The third kappa shape index (κ3) is 2.82. The van der Waals surface area contributed by atoms with E-state index in [9.17, 15) is 4.79 Å². The highest BCUT2D eigenvalue weighted by Gasteiger charge is 2.60. The average Bonchev–Trinajstić information content (AvgIpc) is 3.13. The van der Waals surface area contributed by atoms with E-state index in [1.54, 1.807) is 19.1 Å². The van der Waals surface area contributed by atoms with E-state index in [2.05, 4.69) is 6.92 Å². The number of hydrogen-bond acceptors (Lipinski definition) is 5. The summed E-state index contributed by atoms with van der Waals surface area (Å²) in [6, 6.07) is 9.33. The third-order valence-electron chi connectivity index (χ3n) is 4.75. The van der Waals surface area contributed by atoms with Gasteiger partial charge in [-0.15, -0.1) is 0 Å². The van der Waals surface area contributed by atoms with Crippen LogP contribution in [-0.4, -0.2) is 56.3 Å². The fraction of sp³-hybridized carbons (Fsp3) is 0.588. The molecule has 0 aromatic heterocycles. The molecule has 0 bridgehead atoms. The molecule has 2 aliphatic heterocycles. The fourth-order valence-electron chi connectivity index (χ4n) is 3.49. The highest BCUT2D eigenvalue weighted by molar-refractivity contribution is 5.69. The Kier molecular flexibility index (Phi) is 4.57. The molecule has 6 nitrogen and oxygen atoms in total. The summed E-state index contributed by atoms with van der Waals surface area (Å²) in [6.07, 6.45) is -0.462. The van der Waals surface area contributed by atoms with Gasteiger partial charge in [-0.05, 0) is 5.56 Å². The number of nitrogens with zero attached hydrogens (tertiary/aromatic N) is 1. The molecule has 0 spiro atoms. The first-order chi connectivity index (χ1) is 11.1. The minimum absolute atomic E-state index is 0.0980. The van der Waals surface area contributed by atoms with Crippen LogP contribution in [0, 0.1) is 5.92 Å². The number of hydrogen-bond donors (Lipinski definition) is 0. The Hall–Kier alpha value is -1.63. The zero-order valence-corrected chi connectivity index (χ0v) is 13.7. The van der Waals surface area contributed by atoms with Crippen LogP contribution in [0.5, 0.6) is 0 Å². The molecule has 0 N–H and O–H groups in total. The molecule has 2 aliphatic rings. The van der Waals surface area contributed by atoms with Gasteiger partial charge in [0.2, 0.25) is 5.79 Å². The lowest BCUT2D eigenvalue weighted by Crippen LogP contribution is -2.55. The second-order valence-corrected chi connectivity index (χ2v) is 6.11. The number of benzene rings is 1. The lowest BCUT2D eigenvalue weighted by atomic mass is 10.0. The maximum Gasteiger partial charge on any atom is 0.410 e. The van der Waals surface area contributed by atoms with Gasteiger partial charge in [-0.1, -0.05) is 37.3 Å². The molecule has 2 fully saturated rings. The lowest BCUT2D eigenvalue weighted by molar-refractivity contribution is -0.224. The van der Waals surface area contributed by atoms with Gasteiger partial charge in [0.05, 0.1) is 6.10 Å². The van der Waals surface area contributed by atoms with Crippen molar-refractivity contribution in [3.8, 4) is 0 Å². The van der Waals surface area contributed by atoms with Crippen molar-refractivity contribution in [1.29, 1.82) is 0 Å². The van der Waals surface area contributed by atoms with Crippen LogP contribution < -0.4 is 0 Å². The van der Waals surface area contributed by atoms with Crippen molar-refractivity contribution in [2.75, 3.05) is 27.4 Å². The third-order valence-corrected chi connectivity index (χ3v) is 4.75. The summed E-state index contributed by atoms with van der Waals surface area (Å²) in [5.41, 5.74) is 0.956. The van der Waals surface area contributed by atoms with Crippen molar-refractivity contribution in [3.05, 3.63) is 35.9 Å². The molecular formula is C17H23NO5. The molecule has 1 aromatic carbocycles. The number of amides is 1. The molecule has 1 aromatic rings. The largest absolute Gasteiger partial charge is 0.445 e. The predicted molar refractivity (Wildman–Crippen MR) is 82.8 cm³/mol. The standard InChI is InChI=1S/C17H23NO5/c1-12-9-18(15-14(12)23-11-17(15,20-2)21-3)16(19)22-10-13-7-5-4-6-8-13/h4-8,12,14-15H,9-11H2,1-3H3/t12-,14+,15-/m0/s1. The monoisotopic (exact) mass is 321 g/mol. The van der Waals surface area contributed by atoms with E-state index >= 15 is 0 Å². The van der Waals surface area contributed by atoms with Crippen LogP contribution >= 0.6 is 0 Å². The summed E-state index contributed by atoms with van der Waals surface area (Å²) in [6.45, 7) is 3.18. The van der Waals surface area contributed by atoms with Crippen molar-refractivity contribution in [1.82, 2.24) is 4.90 Å². The zero-order valence-electron chi connectivity index (χ0n) is 13.7. The molecule has 126 valence electrons. The molecule has 1 amide bonds. The van der Waals surface area contributed by atoms with Crippen molar-refractivity contribution in [2.45, 2.75) is 31.5 Å². The van der Waals surface area contributed by atoms with Crippen molar-refractivity contribution in [3.63, 3.8) is 0 Å². The fourth-order valence-corrected chi connectivity index (χ4v) is 3.49.